The lowest BCUT2D eigenvalue weighted by Gasteiger charge is -2.13. The fourth-order valence-electron chi connectivity index (χ4n) is 2.49. The fourth-order valence-corrected chi connectivity index (χ4v) is 3.06. The van der Waals surface area contributed by atoms with E-state index in [1.165, 1.54) is 12.1 Å². The minimum Gasteiger partial charge on any atom is -0.378 e. The number of halogens is 5. The third-order valence-electron chi connectivity index (χ3n) is 3.54. The number of rotatable bonds is 1. The predicted molar refractivity (Wildman–Crippen MR) is 78.0 cm³/mol. The Morgan fingerprint density at radius 2 is 1.71 bits per heavy atom. The zero-order valence-electron chi connectivity index (χ0n) is 10.6. The van der Waals surface area contributed by atoms with Crippen LogP contribution in [0.15, 0.2) is 36.4 Å². The van der Waals surface area contributed by atoms with E-state index >= 15 is 0 Å². The van der Waals surface area contributed by atoms with Crippen LogP contribution in [0.1, 0.15) is 22.7 Å². The Bertz CT molecular complexity index is 681. The van der Waals surface area contributed by atoms with Crippen LogP contribution in [0.2, 0.25) is 10.0 Å². The van der Waals surface area contributed by atoms with Crippen LogP contribution >= 0.6 is 23.2 Å². The Labute approximate surface area is 129 Å². The molecule has 0 aliphatic carbocycles. The van der Waals surface area contributed by atoms with E-state index < -0.39 is 11.7 Å². The van der Waals surface area contributed by atoms with Gasteiger partial charge in [-0.15, -0.1) is 0 Å². The summed E-state index contributed by atoms with van der Waals surface area (Å²) in [6.07, 6.45) is -3.70. The van der Waals surface area contributed by atoms with E-state index in [1.807, 2.05) is 0 Å². The molecule has 0 saturated carbocycles. The van der Waals surface area contributed by atoms with Crippen molar-refractivity contribution >= 4 is 28.9 Å². The molecule has 3 rings (SSSR count). The minimum absolute atomic E-state index is 0.0988. The molecule has 0 saturated heterocycles. The topological polar surface area (TPSA) is 12.0 Å². The van der Waals surface area contributed by atoms with E-state index in [9.17, 15) is 13.2 Å². The number of hydrogen-bond acceptors (Lipinski definition) is 1. The van der Waals surface area contributed by atoms with Crippen molar-refractivity contribution in [2.24, 2.45) is 0 Å². The van der Waals surface area contributed by atoms with E-state index in [1.54, 1.807) is 12.1 Å². The standard InChI is InChI=1S/C15H10Cl2F3N/c16-10-5-12(17)11-7-13(21-14(11)6-10)8-1-3-9(4-2-8)15(18,19)20/h1-6,13,21H,7H2. The third kappa shape index (κ3) is 2.83. The second-order valence-corrected chi connectivity index (χ2v) is 5.78. The van der Waals surface area contributed by atoms with Gasteiger partial charge in [-0.05, 0) is 35.4 Å². The molecule has 110 valence electrons. The summed E-state index contributed by atoms with van der Waals surface area (Å²) in [5, 5.41) is 4.34. The first-order valence-electron chi connectivity index (χ1n) is 6.26. The van der Waals surface area contributed by atoms with Crippen molar-refractivity contribution < 1.29 is 13.2 Å². The number of benzene rings is 2. The van der Waals surface area contributed by atoms with Gasteiger partial charge in [-0.1, -0.05) is 35.3 Å². The van der Waals surface area contributed by atoms with Gasteiger partial charge in [0.05, 0.1) is 11.6 Å². The maximum atomic E-state index is 12.6. The van der Waals surface area contributed by atoms with Gasteiger partial charge < -0.3 is 5.32 Å². The third-order valence-corrected chi connectivity index (χ3v) is 4.09. The summed E-state index contributed by atoms with van der Waals surface area (Å²) in [5.41, 5.74) is 1.90. The van der Waals surface area contributed by atoms with Crippen LogP contribution in [0.3, 0.4) is 0 Å². The van der Waals surface area contributed by atoms with Gasteiger partial charge in [-0.3, -0.25) is 0 Å². The monoisotopic (exact) mass is 331 g/mol. The Balaban J connectivity index is 1.86. The summed E-state index contributed by atoms with van der Waals surface area (Å²) in [5.74, 6) is 0. The normalized spacial score (nSPS) is 17.5. The van der Waals surface area contributed by atoms with E-state index in [-0.39, 0.29) is 6.04 Å². The molecule has 0 aromatic heterocycles. The highest BCUT2D eigenvalue weighted by atomic mass is 35.5. The zero-order valence-corrected chi connectivity index (χ0v) is 12.2. The highest BCUT2D eigenvalue weighted by Crippen LogP contribution is 2.40. The number of hydrogen-bond donors (Lipinski definition) is 1. The largest absolute Gasteiger partial charge is 0.416 e. The molecule has 1 nitrogen and oxygen atoms in total. The molecule has 1 atom stereocenters. The molecule has 1 N–H and O–H groups in total. The van der Waals surface area contributed by atoms with Gasteiger partial charge in [0, 0.05) is 22.2 Å². The number of fused-ring (bicyclic) bond motifs is 1. The van der Waals surface area contributed by atoms with Crippen LogP contribution in [0, 0.1) is 0 Å². The van der Waals surface area contributed by atoms with Crippen molar-refractivity contribution in [1.82, 2.24) is 0 Å². The number of alkyl halides is 3. The van der Waals surface area contributed by atoms with Crippen molar-refractivity contribution in [3.05, 3.63) is 63.1 Å². The molecule has 0 amide bonds. The SMILES string of the molecule is FC(F)(F)c1ccc(C2Cc3c(Cl)cc(Cl)cc3N2)cc1. The highest BCUT2D eigenvalue weighted by molar-refractivity contribution is 6.35. The first kappa shape index (κ1) is 14.5. The lowest BCUT2D eigenvalue weighted by Crippen LogP contribution is -2.08. The molecule has 2 aromatic rings. The van der Waals surface area contributed by atoms with Crippen molar-refractivity contribution in [3.63, 3.8) is 0 Å². The van der Waals surface area contributed by atoms with Crippen LogP contribution < -0.4 is 5.32 Å². The molecule has 1 unspecified atom stereocenters. The maximum absolute atomic E-state index is 12.6. The molecule has 0 spiro atoms. The Morgan fingerprint density at radius 3 is 2.33 bits per heavy atom. The number of nitrogens with one attached hydrogen (secondary N) is 1. The molecule has 0 bridgehead atoms. The summed E-state index contributed by atoms with van der Waals surface area (Å²) in [4.78, 5) is 0. The molecule has 1 aliphatic rings. The summed E-state index contributed by atoms with van der Waals surface area (Å²) in [7, 11) is 0. The van der Waals surface area contributed by atoms with Gasteiger partial charge >= 0.3 is 6.18 Å². The lowest BCUT2D eigenvalue weighted by atomic mass is 10.0. The van der Waals surface area contributed by atoms with Crippen LogP contribution in [-0.2, 0) is 12.6 Å². The molecule has 0 radical (unpaired) electrons. The Hall–Kier alpha value is -1.39. The van der Waals surface area contributed by atoms with Gasteiger partial charge in [0.1, 0.15) is 0 Å². The minimum atomic E-state index is -4.32. The molecule has 6 heteroatoms. The average Bonchev–Trinajstić information content (AvgIpc) is 2.82. The van der Waals surface area contributed by atoms with Gasteiger partial charge in [-0.2, -0.15) is 13.2 Å². The molecule has 1 aliphatic heterocycles. The van der Waals surface area contributed by atoms with Gasteiger partial charge in [0.2, 0.25) is 0 Å². The highest BCUT2D eigenvalue weighted by Gasteiger charge is 2.31. The van der Waals surface area contributed by atoms with E-state index in [0.29, 0.717) is 16.5 Å². The van der Waals surface area contributed by atoms with Crippen molar-refractivity contribution in [2.45, 2.75) is 18.6 Å². The average molecular weight is 332 g/mol. The van der Waals surface area contributed by atoms with Crippen LogP contribution in [0.25, 0.3) is 0 Å². The van der Waals surface area contributed by atoms with E-state index in [4.69, 9.17) is 23.2 Å². The van der Waals surface area contributed by atoms with E-state index in [2.05, 4.69) is 5.32 Å². The zero-order chi connectivity index (χ0) is 15.2. The van der Waals surface area contributed by atoms with Crippen LogP contribution in [0.4, 0.5) is 18.9 Å². The summed E-state index contributed by atoms with van der Waals surface area (Å²) in [6.45, 7) is 0. The second kappa shape index (κ2) is 5.11. The first-order valence-corrected chi connectivity index (χ1v) is 7.02. The fraction of sp³-hybridized carbons (Fsp3) is 0.200. The van der Waals surface area contributed by atoms with Crippen LogP contribution in [-0.4, -0.2) is 0 Å². The molecular weight excluding hydrogens is 322 g/mol. The Morgan fingerprint density at radius 1 is 1.05 bits per heavy atom. The molecule has 0 fully saturated rings. The molecule has 21 heavy (non-hydrogen) atoms. The van der Waals surface area contributed by atoms with E-state index in [0.717, 1.165) is 28.9 Å². The second-order valence-electron chi connectivity index (χ2n) is 4.93. The molecular formula is C15H10Cl2F3N. The maximum Gasteiger partial charge on any atom is 0.416 e. The van der Waals surface area contributed by atoms with Crippen molar-refractivity contribution in [2.75, 3.05) is 5.32 Å². The summed E-state index contributed by atoms with van der Waals surface area (Å²) >= 11 is 12.1. The predicted octanol–water partition coefficient (Wildman–Crippen LogP) is 5.72. The summed E-state index contributed by atoms with van der Waals surface area (Å²) < 4.78 is 37.7. The van der Waals surface area contributed by atoms with Gasteiger partial charge in [-0.25, -0.2) is 0 Å². The number of anilines is 1. The smallest absolute Gasteiger partial charge is 0.378 e. The van der Waals surface area contributed by atoms with Crippen LogP contribution in [0.5, 0.6) is 0 Å². The molecule has 1 heterocycles. The summed E-state index contributed by atoms with van der Waals surface area (Å²) in [6, 6.07) is 8.50. The quantitative estimate of drug-likeness (QED) is 0.704. The van der Waals surface area contributed by atoms with Gasteiger partial charge in [0.25, 0.3) is 0 Å². The first-order chi connectivity index (χ1) is 9.84. The van der Waals surface area contributed by atoms with Gasteiger partial charge in [0.15, 0.2) is 0 Å². The lowest BCUT2D eigenvalue weighted by molar-refractivity contribution is -0.137. The Kier molecular flexibility index (Phi) is 3.54. The molecule has 2 aromatic carbocycles. The van der Waals surface area contributed by atoms with Crippen molar-refractivity contribution in [1.29, 1.82) is 0 Å². The van der Waals surface area contributed by atoms with Crippen molar-refractivity contribution in [3.8, 4) is 0 Å².